The van der Waals surface area contributed by atoms with E-state index in [1.165, 1.54) is 0 Å². The average molecular weight is 316 g/mol. The first-order chi connectivity index (χ1) is 9.55. The number of hydrogen-bond acceptors (Lipinski definition) is 4. The standard InChI is InChI=1S/C14H24N2O2S2/c1-4-13-7-6-12(11-15-2)10-14(13)20(17,18)16-8-5-9-19-3/h6-7,10,15-16H,4-5,8-9,11H2,1-3H3. The van der Waals surface area contributed by atoms with Gasteiger partial charge >= 0.3 is 0 Å². The van der Waals surface area contributed by atoms with Gasteiger partial charge in [0, 0.05) is 13.1 Å². The Kier molecular flexibility index (Phi) is 7.58. The van der Waals surface area contributed by atoms with Crippen LogP contribution in [0.5, 0.6) is 0 Å². The molecule has 0 aromatic heterocycles. The maximum absolute atomic E-state index is 12.4. The van der Waals surface area contributed by atoms with Crippen molar-refractivity contribution in [2.45, 2.75) is 31.2 Å². The van der Waals surface area contributed by atoms with Gasteiger partial charge in [-0.15, -0.1) is 0 Å². The van der Waals surface area contributed by atoms with Crippen LogP contribution in [0.15, 0.2) is 23.1 Å². The summed E-state index contributed by atoms with van der Waals surface area (Å²) in [4.78, 5) is 0.414. The number of hydrogen-bond donors (Lipinski definition) is 2. The first kappa shape index (κ1) is 17.5. The van der Waals surface area contributed by atoms with Crippen molar-refractivity contribution in [3.05, 3.63) is 29.3 Å². The predicted molar refractivity (Wildman–Crippen MR) is 86.8 cm³/mol. The van der Waals surface area contributed by atoms with E-state index in [-0.39, 0.29) is 0 Å². The lowest BCUT2D eigenvalue weighted by Crippen LogP contribution is -2.26. The highest BCUT2D eigenvalue weighted by Crippen LogP contribution is 2.18. The Morgan fingerprint density at radius 3 is 2.65 bits per heavy atom. The topological polar surface area (TPSA) is 58.2 Å². The van der Waals surface area contributed by atoms with Crippen molar-refractivity contribution in [2.75, 3.05) is 25.6 Å². The summed E-state index contributed by atoms with van der Waals surface area (Å²) < 4.78 is 27.5. The number of nitrogens with one attached hydrogen (secondary N) is 2. The van der Waals surface area contributed by atoms with E-state index in [9.17, 15) is 8.42 Å². The predicted octanol–water partition coefficient (Wildman–Crippen LogP) is 2.00. The monoisotopic (exact) mass is 316 g/mol. The third-order valence-corrected chi connectivity index (χ3v) is 5.24. The van der Waals surface area contributed by atoms with Gasteiger partial charge in [-0.05, 0) is 49.1 Å². The van der Waals surface area contributed by atoms with Gasteiger partial charge in [-0.25, -0.2) is 13.1 Å². The third kappa shape index (κ3) is 5.09. The molecule has 0 unspecified atom stereocenters. The Bertz CT molecular complexity index is 516. The van der Waals surface area contributed by atoms with Crippen molar-refractivity contribution in [2.24, 2.45) is 0 Å². The van der Waals surface area contributed by atoms with E-state index in [0.717, 1.165) is 23.3 Å². The van der Waals surface area contributed by atoms with E-state index in [2.05, 4.69) is 10.0 Å². The molecule has 0 aliphatic carbocycles. The molecule has 1 aromatic rings. The quantitative estimate of drug-likeness (QED) is 0.684. The molecule has 20 heavy (non-hydrogen) atoms. The van der Waals surface area contributed by atoms with Crippen LogP contribution in [0.25, 0.3) is 0 Å². The van der Waals surface area contributed by atoms with Crippen LogP contribution in [0, 0.1) is 0 Å². The van der Waals surface area contributed by atoms with Crippen molar-refractivity contribution in [3.8, 4) is 0 Å². The molecule has 0 aliphatic heterocycles. The lowest BCUT2D eigenvalue weighted by Gasteiger charge is -2.12. The molecule has 0 saturated heterocycles. The van der Waals surface area contributed by atoms with Crippen LogP contribution in [0.2, 0.25) is 0 Å². The number of sulfonamides is 1. The van der Waals surface area contributed by atoms with E-state index in [0.29, 0.717) is 24.4 Å². The second-order valence-electron chi connectivity index (χ2n) is 4.57. The van der Waals surface area contributed by atoms with Crippen molar-refractivity contribution in [3.63, 3.8) is 0 Å². The van der Waals surface area contributed by atoms with Gasteiger partial charge in [-0.2, -0.15) is 11.8 Å². The molecule has 114 valence electrons. The number of benzene rings is 1. The molecule has 6 heteroatoms. The number of thioether (sulfide) groups is 1. The molecule has 0 amide bonds. The molecule has 2 N–H and O–H groups in total. The molecule has 0 radical (unpaired) electrons. The van der Waals surface area contributed by atoms with Crippen molar-refractivity contribution < 1.29 is 8.42 Å². The molecule has 1 aromatic carbocycles. The Morgan fingerprint density at radius 2 is 2.05 bits per heavy atom. The van der Waals surface area contributed by atoms with Crippen LogP contribution in [0.4, 0.5) is 0 Å². The molecular weight excluding hydrogens is 292 g/mol. The molecule has 0 fully saturated rings. The molecule has 0 heterocycles. The first-order valence-corrected chi connectivity index (χ1v) is 9.67. The maximum Gasteiger partial charge on any atom is 0.240 e. The summed E-state index contributed by atoms with van der Waals surface area (Å²) in [6.45, 7) is 3.13. The van der Waals surface area contributed by atoms with Gasteiger partial charge in [0.05, 0.1) is 4.90 Å². The summed E-state index contributed by atoms with van der Waals surface area (Å²) in [7, 11) is -1.56. The van der Waals surface area contributed by atoms with Crippen LogP contribution in [0.3, 0.4) is 0 Å². The van der Waals surface area contributed by atoms with E-state index in [1.807, 2.05) is 32.4 Å². The molecule has 1 rings (SSSR count). The minimum absolute atomic E-state index is 0.414. The maximum atomic E-state index is 12.4. The Hall–Kier alpha value is -0.560. The van der Waals surface area contributed by atoms with Gasteiger partial charge < -0.3 is 5.32 Å². The normalized spacial score (nSPS) is 11.8. The number of aryl methyl sites for hydroxylation is 1. The van der Waals surface area contributed by atoms with Crippen LogP contribution < -0.4 is 10.0 Å². The summed E-state index contributed by atoms with van der Waals surface area (Å²) in [5, 5.41) is 3.04. The molecule has 0 atom stereocenters. The fourth-order valence-electron chi connectivity index (χ4n) is 1.96. The zero-order valence-electron chi connectivity index (χ0n) is 12.4. The van der Waals surface area contributed by atoms with Crippen molar-refractivity contribution in [1.82, 2.24) is 10.0 Å². The SMILES string of the molecule is CCc1ccc(CNC)cc1S(=O)(=O)NCCCSC. The minimum Gasteiger partial charge on any atom is -0.316 e. The van der Waals surface area contributed by atoms with Gasteiger partial charge in [-0.1, -0.05) is 19.1 Å². The summed E-state index contributed by atoms with van der Waals surface area (Å²) in [5.74, 6) is 0.961. The lowest BCUT2D eigenvalue weighted by molar-refractivity contribution is 0.579. The summed E-state index contributed by atoms with van der Waals surface area (Å²) in [5.41, 5.74) is 1.84. The van der Waals surface area contributed by atoms with Gasteiger partial charge in [0.2, 0.25) is 10.0 Å². The fraction of sp³-hybridized carbons (Fsp3) is 0.571. The molecule has 4 nitrogen and oxygen atoms in total. The van der Waals surface area contributed by atoms with Crippen molar-refractivity contribution in [1.29, 1.82) is 0 Å². The Balaban J connectivity index is 2.93. The molecule has 0 aliphatic rings. The molecule has 0 bridgehead atoms. The van der Waals surface area contributed by atoms with Crippen molar-refractivity contribution >= 4 is 21.8 Å². The van der Waals surface area contributed by atoms with E-state index in [1.54, 1.807) is 17.8 Å². The molecule has 0 spiro atoms. The summed E-state index contributed by atoms with van der Waals surface area (Å²) >= 11 is 1.72. The van der Waals surface area contributed by atoms with Crippen LogP contribution >= 0.6 is 11.8 Å². The Morgan fingerprint density at radius 1 is 1.30 bits per heavy atom. The Labute approximate surface area is 126 Å². The lowest BCUT2D eigenvalue weighted by atomic mass is 10.1. The van der Waals surface area contributed by atoms with Gasteiger partial charge in [-0.3, -0.25) is 0 Å². The van der Waals surface area contributed by atoms with Gasteiger partial charge in [0.25, 0.3) is 0 Å². The largest absolute Gasteiger partial charge is 0.316 e. The summed E-state index contributed by atoms with van der Waals surface area (Å²) in [6.07, 6.45) is 3.57. The average Bonchev–Trinajstić information content (AvgIpc) is 2.44. The second-order valence-corrected chi connectivity index (χ2v) is 7.29. The third-order valence-electron chi connectivity index (χ3n) is 3.00. The number of rotatable bonds is 9. The van der Waals surface area contributed by atoms with E-state index < -0.39 is 10.0 Å². The smallest absolute Gasteiger partial charge is 0.240 e. The second kappa shape index (κ2) is 8.67. The highest BCUT2D eigenvalue weighted by Gasteiger charge is 2.17. The van der Waals surface area contributed by atoms with Crippen LogP contribution in [-0.2, 0) is 23.0 Å². The van der Waals surface area contributed by atoms with Gasteiger partial charge in [0.1, 0.15) is 0 Å². The highest BCUT2D eigenvalue weighted by molar-refractivity contribution is 7.98. The zero-order valence-corrected chi connectivity index (χ0v) is 14.0. The van der Waals surface area contributed by atoms with Crippen LogP contribution in [0.1, 0.15) is 24.5 Å². The fourth-order valence-corrected chi connectivity index (χ4v) is 3.82. The van der Waals surface area contributed by atoms with Crippen LogP contribution in [-0.4, -0.2) is 34.0 Å². The van der Waals surface area contributed by atoms with E-state index in [4.69, 9.17) is 0 Å². The van der Waals surface area contributed by atoms with E-state index >= 15 is 0 Å². The molecule has 0 saturated carbocycles. The first-order valence-electron chi connectivity index (χ1n) is 6.80. The molecular formula is C14H24N2O2S2. The highest BCUT2D eigenvalue weighted by atomic mass is 32.2. The van der Waals surface area contributed by atoms with Gasteiger partial charge in [0.15, 0.2) is 0 Å². The summed E-state index contributed by atoms with van der Waals surface area (Å²) in [6, 6.07) is 5.65. The minimum atomic E-state index is -3.41. The zero-order chi connectivity index (χ0) is 15.0.